The number of anilines is 2. The summed E-state index contributed by atoms with van der Waals surface area (Å²) in [5, 5.41) is 16.1. The summed E-state index contributed by atoms with van der Waals surface area (Å²) >= 11 is 0. The van der Waals surface area contributed by atoms with Crippen LogP contribution in [0.5, 0.6) is 0 Å². The Bertz CT molecular complexity index is 1560. The van der Waals surface area contributed by atoms with Gasteiger partial charge >= 0.3 is 5.97 Å². The smallest absolute Gasteiger partial charge is 0.335 e. The van der Waals surface area contributed by atoms with E-state index in [1.807, 2.05) is 42.5 Å². The number of hydrogen-bond donors (Lipinski definition) is 3. The van der Waals surface area contributed by atoms with E-state index in [2.05, 4.69) is 10.6 Å². The lowest BCUT2D eigenvalue weighted by Crippen LogP contribution is -2.05. The van der Waals surface area contributed by atoms with Crippen molar-refractivity contribution in [1.29, 1.82) is 0 Å². The fourth-order valence-electron chi connectivity index (χ4n) is 3.89. The van der Waals surface area contributed by atoms with E-state index in [1.165, 1.54) is 6.92 Å². The zero-order valence-corrected chi connectivity index (χ0v) is 19.4. The highest BCUT2D eigenvalue weighted by atomic mass is 16.4. The van der Waals surface area contributed by atoms with Crippen molar-refractivity contribution in [2.24, 2.45) is 0 Å². The molecule has 5 aromatic rings. The number of carbonyl (C=O) groups is 2. The first-order valence-corrected chi connectivity index (χ1v) is 11.3. The van der Waals surface area contributed by atoms with Crippen molar-refractivity contribution in [1.82, 2.24) is 9.97 Å². The Kier molecular flexibility index (Phi) is 6.15. The topological polar surface area (TPSA) is 117 Å². The van der Waals surface area contributed by atoms with Gasteiger partial charge in [-0.25, -0.2) is 14.8 Å². The van der Waals surface area contributed by atoms with E-state index in [-0.39, 0.29) is 11.5 Å². The molecule has 0 bridgehead atoms. The minimum atomic E-state index is -0.960. The second-order valence-corrected chi connectivity index (χ2v) is 8.22. The normalized spacial score (nSPS) is 10.8. The average Bonchev–Trinajstić information content (AvgIpc) is 3.42. The lowest BCUT2D eigenvalue weighted by molar-refractivity contribution is -0.114. The van der Waals surface area contributed by atoms with Gasteiger partial charge in [0.25, 0.3) is 0 Å². The molecular weight excluding hydrogens is 456 g/mol. The van der Waals surface area contributed by atoms with Gasteiger partial charge in [-0.05, 0) is 65.2 Å². The zero-order valence-electron chi connectivity index (χ0n) is 19.4. The van der Waals surface area contributed by atoms with Gasteiger partial charge in [-0.2, -0.15) is 0 Å². The Morgan fingerprint density at radius 3 is 2.44 bits per heavy atom. The lowest BCUT2D eigenvalue weighted by Gasteiger charge is -2.12. The van der Waals surface area contributed by atoms with Crippen LogP contribution in [0, 0.1) is 0 Å². The maximum absolute atomic E-state index is 11.5. The fourth-order valence-corrected chi connectivity index (χ4v) is 3.89. The van der Waals surface area contributed by atoms with Crippen LogP contribution in [0.15, 0.2) is 89.5 Å². The third-order valence-corrected chi connectivity index (χ3v) is 5.62. The molecule has 0 aliphatic rings. The predicted molar refractivity (Wildman–Crippen MR) is 138 cm³/mol. The highest BCUT2D eigenvalue weighted by molar-refractivity contribution is 5.94. The van der Waals surface area contributed by atoms with Crippen molar-refractivity contribution in [3.63, 3.8) is 0 Å². The number of benzene rings is 3. The van der Waals surface area contributed by atoms with Gasteiger partial charge in [-0.15, -0.1) is 0 Å². The molecule has 1 amide bonds. The Balaban J connectivity index is 1.52. The van der Waals surface area contributed by atoms with Crippen LogP contribution in [0.1, 0.15) is 22.8 Å². The Labute approximate surface area is 206 Å². The summed E-state index contributed by atoms with van der Waals surface area (Å²) in [6, 6.07) is 23.8. The molecule has 0 spiro atoms. The van der Waals surface area contributed by atoms with E-state index < -0.39 is 5.97 Å². The molecule has 0 saturated heterocycles. The summed E-state index contributed by atoms with van der Waals surface area (Å²) in [5.74, 6) is 0.532. The Morgan fingerprint density at radius 1 is 0.917 bits per heavy atom. The molecule has 0 aliphatic heterocycles. The first-order valence-electron chi connectivity index (χ1n) is 11.3. The highest BCUT2D eigenvalue weighted by Gasteiger charge is 2.13. The number of carbonyl (C=O) groups excluding carboxylic acids is 1. The van der Waals surface area contributed by atoms with Gasteiger partial charge in [0, 0.05) is 24.5 Å². The molecule has 0 saturated carbocycles. The largest absolute Gasteiger partial charge is 0.478 e. The number of rotatable bonds is 7. The number of furan rings is 1. The second-order valence-electron chi connectivity index (χ2n) is 8.22. The molecule has 36 heavy (non-hydrogen) atoms. The summed E-state index contributed by atoms with van der Waals surface area (Å²) in [6.45, 7) is 1.93. The van der Waals surface area contributed by atoms with Crippen LogP contribution in [0.3, 0.4) is 0 Å². The first kappa shape index (κ1) is 22.8. The van der Waals surface area contributed by atoms with Gasteiger partial charge in [0.2, 0.25) is 5.91 Å². The Morgan fingerprint density at radius 2 is 1.72 bits per heavy atom. The third kappa shape index (κ3) is 4.92. The van der Waals surface area contributed by atoms with Crippen LogP contribution in [-0.4, -0.2) is 27.0 Å². The molecule has 0 fully saturated rings. The molecule has 5 rings (SSSR count). The van der Waals surface area contributed by atoms with E-state index in [0.29, 0.717) is 23.9 Å². The third-order valence-electron chi connectivity index (χ3n) is 5.62. The number of fused-ring (bicyclic) bond motifs is 1. The molecule has 2 heterocycles. The summed E-state index contributed by atoms with van der Waals surface area (Å²) in [7, 11) is 0. The van der Waals surface area contributed by atoms with Gasteiger partial charge in [-0.3, -0.25) is 4.79 Å². The van der Waals surface area contributed by atoms with E-state index in [4.69, 9.17) is 19.5 Å². The van der Waals surface area contributed by atoms with Gasteiger partial charge < -0.3 is 20.2 Å². The maximum Gasteiger partial charge on any atom is 0.335 e. The van der Waals surface area contributed by atoms with Crippen molar-refractivity contribution in [2.45, 2.75) is 13.5 Å². The molecule has 3 aromatic carbocycles. The summed E-state index contributed by atoms with van der Waals surface area (Å²) in [5.41, 5.74) is 4.47. The number of hydrogen-bond acceptors (Lipinski definition) is 6. The SMILES string of the molecule is CC(=O)Nc1cccc(-c2ccc3c(NCc4ccc(C(=O)O)cc4)nc(-c4ccco4)nc3c2)c1. The highest BCUT2D eigenvalue weighted by Crippen LogP contribution is 2.30. The van der Waals surface area contributed by atoms with Gasteiger partial charge in [0.05, 0.1) is 17.3 Å². The number of carboxylic acids is 1. The number of amides is 1. The summed E-state index contributed by atoms with van der Waals surface area (Å²) in [6.07, 6.45) is 1.57. The van der Waals surface area contributed by atoms with Crippen molar-refractivity contribution in [3.8, 4) is 22.7 Å². The molecule has 3 N–H and O–H groups in total. The lowest BCUT2D eigenvalue weighted by atomic mass is 10.0. The number of carboxylic acid groups (broad SMARTS) is 1. The first-order chi connectivity index (χ1) is 17.5. The minimum absolute atomic E-state index is 0.130. The number of aromatic carboxylic acids is 1. The molecular formula is C28H22N4O4. The molecule has 178 valence electrons. The van der Waals surface area contributed by atoms with E-state index in [0.717, 1.165) is 33.3 Å². The molecule has 0 atom stereocenters. The number of nitrogens with one attached hydrogen (secondary N) is 2. The van der Waals surface area contributed by atoms with Crippen LogP contribution < -0.4 is 10.6 Å². The average molecular weight is 479 g/mol. The predicted octanol–water partition coefficient (Wildman–Crippen LogP) is 5.83. The van der Waals surface area contributed by atoms with Crippen molar-refractivity contribution >= 4 is 34.3 Å². The molecule has 8 heteroatoms. The van der Waals surface area contributed by atoms with Crippen LogP contribution >= 0.6 is 0 Å². The van der Waals surface area contributed by atoms with Crippen LogP contribution in [0.4, 0.5) is 11.5 Å². The van der Waals surface area contributed by atoms with Crippen LogP contribution in [0.25, 0.3) is 33.6 Å². The molecule has 0 unspecified atom stereocenters. The van der Waals surface area contributed by atoms with Crippen LogP contribution in [-0.2, 0) is 11.3 Å². The van der Waals surface area contributed by atoms with Crippen molar-refractivity contribution in [3.05, 3.63) is 96.3 Å². The quantitative estimate of drug-likeness (QED) is 0.270. The van der Waals surface area contributed by atoms with Gasteiger partial charge in [-0.1, -0.05) is 30.3 Å². The number of aromatic nitrogens is 2. The second kappa shape index (κ2) is 9.71. The standard InChI is InChI=1S/C28H22N4O4/c1-17(33)30-22-5-2-4-20(14-22)21-11-12-23-24(15-21)31-27(25-6-3-13-36-25)32-26(23)29-16-18-7-9-19(10-8-18)28(34)35/h2-15H,16H2,1H3,(H,30,33)(H,34,35)(H,29,31,32). The van der Waals surface area contributed by atoms with E-state index in [1.54, 1.807) is 42.7 Å². The maximum atomic E-state index is 11.5. The van der Waals surface area contributed by atoms with Gasteiger partial charge in [0.15, 0.2) is 11.6 Å². The molecule has 8 nitrogen and oxygen atoms in total. The molecule has 0 aliphatic carbocycles. The van der Waals surface area contributed by atoms with E-state index in [9.17, 15) is 9.59 Å². The van der Waals surface area contributed by atoms with Crippen molar-refractivity contribution < 1.29 is 19.1 Å². The van der Waals surface area contributed by atoms with Crippen molar-refractivity contribution in [2.75, 3.05) is 10.6 Å². The number of nitrogens with zero attached hydrogens (tertiary/aromatic N) is 2. The summed E-state index contributed by atoms with van der Waals surface area (Å²) < 4.78 is 5.54. The molecule has 2 aromatic heterocycles. The van der Waals surface area contributed by atoms with E-state index >= 15 is 0 Å². The molecule has 0 radical (unpaired) electrons. The van der Waals surface area contributed by atoms with Gasteiger partial charge in [0.1, 0.15) is 5.82 Å². The monoisotopic (exact) mass is 478 g/mol. The Hall–Kier alpha value is -4.98. The zero-order chi connectivity index (χ0) is 25.1. The summed E-state index contributed by atoms with van der Waals surface area (Å²) in [4.78, 5) is 32.0. The minimum Gasteiger partial charge on any atom is -0.478 e. The van der Waals surface area contributed by atoms with Crippen LogP contribution in [0.2, 0.25) is 0 Å². The fraction of sp³-hybridized carbons (Fsp3) is 0.0714.